The average Bonchev–Trinajstić information content (AvgIpc) is 3.02. The van der Waals surface area contributed by atoms with Crippen molar-refractivity contribution >= 4 is 31.6 Å². The number of nitrogens with one attached hydrogen (secondary N) is 1. The van der Waals surface area contributed by atoms with Gasteiger partial charge in [0.15, 0.2) is 19.8 Å². The minimum absolute atomic E-state index is 0.0390. The van der Waals surface area contributed by atoms with Gasteiger partial charge in [0.05, 0.1) is 36.6 Å². The summed E-state index contributed by atoms with van der Waals surface area (Å²) >= 11 is 0. The number of methoxy groups -OCH3 is 1. The maximum absolute atomic E-state index is 14.4. The monoisotopic (exact) mass is 664 g/mol. The molecule has 0 fully saturated rings. The molecular formula is C34H44N4O8Si. The van der Waals surface area contributed by atoms with Crippen molar-refractivity contribution in [2.24, 2.45) is 14.1 Å². The van der Waals surface area contributed by atoms with Gasteiger partial charge in [-0.15, -0.1) is 0 Å². The van der Waals surface area contributed by atoms with Crippen molar-refractivity contribution in [1.82, 2.24) is 14.0 Å². The van der Waals surface area contributed by atoms with Crippen LogP contribution in [0.15, 0.2) is 64.3 Å². The van der Waals surface area contributed by atoms with Crippen LogP contribution in [0.2, 0.25) is 18.1 Å². The maximum atomic E-state index is 14.4. The second-order valence-corrected chi connectivity index (χ2v) is 18.0. The van der Waals surface area contributed by atoms with Crippen LogP contribution in [0.3, 0.4) is 0 Å². The van der Waals surface area contributed by atoms with Gasteiger partial charge < -0.3 is 28.5 Å². The quantitative estimate of drug-likeness (QED) is 0.286. The van der Waals surface area contributed by atoms with E-state index in [2.05, 4.69) is 39.2 Å². The zero-order chi connectivity index (χ0) is 34.7. The Hall–Kier alpha value is -4.62. The molecule has 252 valence electrons. The number of carbonyl (C=O) groups excluding carboxylic acids is 1. The first kappa shape index (κ1) is 35.2. The standard InChI is InChI=1S/C34H44N4O8Si/c1-34(2,3)47(7,8)46-21-24-16-23(26-19-36(4)33(43)37(5)30(26)39)14-15-38(24)31(40)25-17-28(44-6)29(18-27(25)35-32(41)42)45-20-22-12-10-9-11-13-22/h9-14,17-19,24,35H,15-16,20-21H2,1-8H3,(H,41,42). The third-order valence-electron chi connectivity index (χ3n) is 8.94. The molecule has 2 aromatic carbocycles. The first-order valence-corrected chi connectivity index (χ1v) is 18.2. The lowest BCUT2D eigenvalue weighted by atomic mass is 9.95. The van der Waals surface area contributed by atoms with E-state index in [1.165, 1.54) is 37.1 Å². The SMILES string of the molecule is COc1cc(C(=O)N2CC=C(c3cn(C)c(=O)n(C)c3=O)CC2CO[Si](C)(C)C(C)(C)C)c(NC(=O)O)cc1OCc1ccccc1. The minimum atomic E-state index is -2.26. The van der Waals surface area contributed by atoms with E-state index in [4.69, 9.17) is 13.9 Å². The van der Waals surface area contributed by atoms with Crippen molar-refractivity contribution in [3.05, 3.63) is 92.3 Å². The Bertz CT molecular complexity index is 1790. The number of aromatic nitrogens is 2. The Morgan fingerprint density at radius 1 is 1.06 bits per heavy atom. The summed E-state index contributed by atoms with van der Waals surface area (Å²) in [4.78, 5) is 53.3. The summed E-state index contributed by atoms with van der Waals surface area (Å²) in [6, 6.07) is 11.9. The zero-order valence-corrected chi connectivity index (χ0v) is 29.2. The molecule has 13 heteroatoms. The molecule has 0 saturated heterocycles. The van der Waals surface area contributed by atoms with Gasteiger partial charge in [0.2, 0.25) is 0 Å². The second kappa shape index (κ2) is 14.0. The molecule has 0 spiro atoms. The highest BCUT2D eigenvalue weighted by atomic mass is 28.4. The van der Waals surface area contributed by atoms with Crippen molar-refractivity contribution < 1.29 is 28.6 Å². The van der Waals surface area contributed by atoms with Gasteiger partial charge in [-0.1, -0.05) is 57.2 Å². The van der Waals surface area contributed by atoms with Crippen LogP contribution in [-0.4, -0.2) is 65.8 Å². The van der Waals surface area contributed by atoms with Crippen molar-refractivity contribution in [2.75, 3.05) is 25.6 Å². The topological polar surface area (TPSA) is 141 Å². The number of rotatable bonds is 10. The summed E-state index contributed by atoms with van der Waals surface area (Å²) in [5.74, 6) is 0.0752. The molecule has 47 heavy (non-hydrogen) atoms. The van der Waals surface area contributed by atoms with Gasteiger partial charge in [-0.2, -0.15) is 0 Å². The number of hydrogen-bond donors (Lipinski definition) is 2. The number of benzene rings is 2. The van der Waals surface area contributed by atoms with Crippen LogP contribution >= 0.6 is 0 Å². The Labute approximate surface area is 275 Å². The van der Waals surface area contributed by atoms with Crippen LogP contribution in [0.5, 0.6) is 11.5 Å². The predicted molar refractivity (Wildman–Crippen MR) is 183 cm³/mol. The molecule has 1 aliphatic rings. The lowest BCUT2D eigenvalue weighted by Crippen LogP contribution is -2.50. The molecule has 0 aliphatic carbocycles. The smallest absolute Gasteiger partial charge is 0.409 e. The number of nitrogens with zero attached hydrogens (tertiary/aromatic N) is 3. The number of aryl methyl sites for hydroxylation is 1. The van der Waals surface area contributed by atoms with Crippen molar-refractivity contribution in [2.45, 2.75) is 58.0 Å². The third-order valence-corrected chi connectivity index (χ3v) is 13.4. The van der Waals surface area contributed by atoms with Crippen LogP contribution < -0.4 is 26.0 Å². The van der Waals surface area contributed by atoms with Gasteiger partial charge in [-0.3, -0.25) is 19.5 Å². The molecule has 2 heterocycles. The van der Waals surface area contributed by atoms with E-state index < -0.39 is 37.6 Å². The maximum Gasteiger partial charge on any atom is 0.409 e. The Morgan fingerprint density at radius 3 is 2.36 bits per heavy atom. The number of carbonyl (C=O) groups is 2. The van der Waals surface area contributed by atoms with E-state index in [9.17, 15) is 24.3 Å². The van der Waals surface area contributed by atoms with Crippen molar-refractivity contribution in [3.63, 3.8) is 0 Å². The molecule has 12 nitrogen and oxygen atoms in total. The van der Waals surface area contributed by atoms with Gasteiger partial charge in [0, 0.05) is 32.9 Å². The molecule has 0 bridgehead atoms. The molecule has 3 aromatic rings. The highest BCUT2D eigenvalue weighted by molar-refractivity contribution is 6.74. The van der Waals surface area contributed by atoms with E-state index in [0.29, 0.717) is 11.1 Å². The molecule has 2 N–H and O–H groups in total. The highest BCUT2D eigenvalue weighted by Crippen LogP contribution is 2.39. The Kier molecular flexibility index (Phi) is 10.5. The molecule has 1 atom stereocenters. The van der Waals surface area contributed by atoms with Gasteiger partial charge >= 0.3 is 11.8 Å². The number of anilines is 1. The van der Waals surface area contributed by atoms with E-state index in [1.807, 2.05) is 30.3 Å². The summed E-state index contributed by atoms with van der Waals surface area (Å²) in [5, 5.41) is 11.9. The highest BCUT2D eigenvalue weighted by Gasteiger charge is 2.39. The molecule has 0 radical (unpaired) electrons. The van der Waals surface area contributed by atoms with Crippen LogP contribution in [0.4, 0.5) is 10.5 Å². The largest absolute Gasteiger partial charge is 0.493 e. The summed E-state index contributed by atoms with van der Waals surface area (Å²) in [6.07, 6.45) is 2.25. The van der Waals surface area contributed by atoms with E-state index in [-0.39, 0.29) is 54.0 Å². The molecule has 1 unspecified atom stereocenters. The van der Waals surface area contributed by atoms with Gasteiger partial charge in [0.1, 0.15) is 6.61 Å². The number of hydrogen-bond acceptors (Lipinski definition) is 7. The second-order valence-electron chi connectivity index (χ2n) is 13.2. The molecule has 1 aromatic heterocycles. The average molecular weight is 665 g/mol. The lowest BCUT2D eigenvalue weighted by molar-refractivity contribution is 0.0627. The third kappa shape index (κ3) is 7.85. The van der Waals surface area contributed by atoms with Gasteiger partial charge in [0.25, 0.3) is 11.5 Å². The summed E-state index contributed by atoms with van der Waals surface area (Å²) in [7, 11) is 2.21. The number of carboxylic acid groups (broad SMARTS) is 1. The summed E-state index contributed by atoms with van der Waals surface area (Å²) in [5.41, 5.74) is 1.21. The molecule has 0 saturated carbocycles. The lowest BCUT2D eigenvalue weighted by Gasteiger charge is -2.41. The molecule has 4 rings (SSSR count). The number of amides is 2. The summed E-state index contributed by atoms with van der Waals surface area (Å²) < 4.78 is 20.6. The fourth-order valence-electron chi connectivity index (χ4n) is 5.09. The van der Waals surface area contributed by atoms with E-state index in [1.54, 1.807) is 18.0 Å². The molecule has 2 amide bonds. The van der Waals surface area contributed by atoms with Gasteiger partial charge in [-0.25, -0.2) is 9.59 Å². The van der Waals surface area contributed by atoms with E-state index >= 15 is 0 Å². The van der Waals surface area contributed by atoms with Crippen LogP contribution in [0.25, 0.3) is 5.57 Å². The fourth-order valence-corrected chi connectivity index (χ4v) is 6.13. The Balaban J connectivity index is 1.75. The van der Waals surface area contributed by atoms with Crippen molar-refractivity contribution in [3.8, 4) is 11.5 Å². The minimum Gasteiger partial charge on any atom is -0.493 e. The summed E-state index contributed by atoms with van der Waals surface area (Å²) in [6.45, 7) is 11.1. The van der Waals surface area contributed by atoms with Gasteiger partial charge in [-0.05, 0) is 41.8 Å². The number of ether oxygens (including phenoxy) is 2. The molecule has 1 aliphatic heterocycles. The van der Waals surface area contributed by atoms with Crippen LogP contribution in [0.1, 0.15) is 48.7 Å². The van der Waals surface area contributed by atoms with E-state index in [0.717, 1.165) is 10.1 Å². The van der Waals surface area contributed by atoms with Crippen molar-refractivity contribution in [1.29, 1.82) is 0 Å². The van der Waals surface area contributed by atoms with Crippen LogP contribution in [-0.2, 0) is 25.1 Å². The van der Waals surface area contributed by atoms with Crippen LogP contribution in [0, 0.1) is 0 Å². The zero-order valence-electron chi connectivity index (χ0n) is 28.2. The fraction of sp³-hybridized carbons (Fsp3) is 0.412. The normalized spacial score (nSPS) is 15.2. The first-order valence-electron chi connectivity index (χ1n) is 15.3. The predicted octanol–water partition coefficient (Wildman–Crippen LogP) is 5.08. The molecular weight excluding hydrogens is 620 g/mol. The first-order chi connectivity index (χ1) is 22.0. The Morgan fingerprint density at radius 2 is 1.74 bits per heavy atom.